The molecule has 3 aliphatic rings. The molecule has 0 aromatic carbocycles. The van der Waals surface area contributed by atoms with Crippen LogP contribution in [0.2, 0.25) is 0 Å². The summed E-state index contributed by atoms with van der Waals surface area (Å²) in [6.07, 6.45) is -6.81. The summed E-state index contributed by atoms with van der Waals surface area (Å²) in [7, 11) is -16.3. The molecule has 266 valence electrons. The quantitative estimate of drug-likeness (QED) is 0.0880. The van der Waals surface area contributed by atoms with E-state index < -0.39 is 91.7 Å². The summed E-state index contributed by atoms with van der Waals surface area (Å²) in [4.78, 5) is 62.2. The summed E-state index contributed by atoms with van der Waals surface area (Å²) in [6.45, 7) is -1.87. The normalized spacial score (nSPS) is 33.4. The Bertz CT molecular complexity index is 1730. The number of nitrogens with zero attached hydrogens (tertiary/aromatic N) is 4. The summed E-state index contributed by atoms with van der Waals surface area (Å²) in [5, 5.41) is 40.7. The number of aliphatic carboxylic acids is 1. The van der Waals surface area contributed by atoms with E-state index in [2.05, 4.69) is 28.3 Å². The van der Waals surface area contributed by atoms with E-state index in [1.54, 1.807) is 0 Å². The lowest BCUT2D eigenvalue weighted by atomic mass is 10.1. The van der Waals surface area contributed by atoms with Gasteiger partial charge >= 0.3 is 29.4 Å². The number of rotatable bonds is 13. The molecular weight excluding hydrogens is 717 g/mol. The average molecular weight is 747 g/mol. The van der Waals surface area contributed by atoms with Gasteiger partial charge in [-0.15, -0.1) is 0 Å². The SMILES string of the molecule is Nc1ncnc2c1ncn2C1OC(COP(=O)(O)OP(=O)(O)OCC2OC([NH+]3C=C(C(=O)O)C=CC3)C(O)C2O)C(O)C1OP(=O)(O)O. The molecule has 11 unspecified atom stereocenters. The molecule has 3 aliphatic heterocycles. The van der Waals surface area contributed by atoms with E-state index in [4.69, 9.17) is 19.7 Å². The number of carbonyl (C=O) groups is 1. The molecule has 0 amide bonds. The number of aliphatic hydroxyl groups is 3. The van der Waals surface area contributed by atoms with Gasteiger partial charge in [0.05, 0.1) is 19.5 Å². The number of imidazole rings is 1. The smallest absolute Gasteiger partial charge is 0.477 e. The van der Waals surface area contributed by atoms with Crippen molar-refractivity contribution in [3.8, 4) is 0 Å². The Morgan fingerprint density at radius 1 is 0.979 bits per heavy atom. The third kappa shape index (κ3) is 8.24. The lowest BCUT2D eigenvalue weighted by molar-refractivity contribution is -0.897. The zero-order chi connectivity index (χ0) is 35.2. The first-order chi connectivity index (χ1) is 22.4. The predicted octanol–water partition coefficient (Wildman–Crippen LogP) is -3.73. The first-order valence-corrected chi connectivity index (χ1v) is 18.0. The van der Waals surface area contributed by atoms with Crippen LogP contribution in [0.3, 0.4) is 0 Å². The highest BCUT2D eigenvalue weighted by Gasteiger charge is 2.51. The number of hydrogen-bond acceptors (Lipinski definition) is 17. The number of aromatic nitrogens is 4. The van der Waals surface area contributed by atoms with Crippen molar-refractivity contribution in [1.29, 1.82) is 0 Å². The van der Waals surface area contributed by atoms with E-state index >= 15 is 0 Å². The second kappa shape index (κ2) is 14.0. The molecule has 27 heteroatoms. The molecular formula is C21H30N6O18P3+. The number of anilines is 1. The van der Waals surface area contributed by atoms with E-state index in [9.17, 15) is 58.5 Å². The van der Waals surface area contributed by atoms with Gasteiger partial charge in [-0.1, -0.05) is 0 Å². The Balaban J connectivity index is 1.20. The van der Waals surface area contributed by atoms with Crippen molar-refractivity contribution in [3.05, 3.63) is 36.6 Å². The van der Waals surface area contributed by atoms with Gasteiger partial charge in [0.25, 0.3) is 0 Å². The molecule has 11 atom stereocenters. The van der Waals surface area contributed by atoms with Crippen molar-refractivity contribution in [2.24, 2.45) is 0 Å². The van der Waals surface area contributed by atoms with Crippen molar-refractivity contribution in [3.63, 3.8) is 0 Å². The molecule has 5 rings (SSSR count). The number of phosphoric acid groups is 3. The van der Waals surface area contributed by atoms with Crippen molar-refractivity contribution < 1.29 is 90.7 Å². The predicted molar refractivity (Wildman–Crippen MR) is 151 cm³/mol. The van der Waals surface area contributed by atoms with Gasteiger partial charge in [0.1, 0.15) is 60.7 Å². The minimum atomic E-state index is -5.53. The van der Waals surface area contributed by atoms with Crippen LogP contribution in [0.25, 0.3) is 11.2 Å². The second-order valence-corrected chi connectivity index (χ2v) is 14.7. The molecule has 48 heavy (non-hydrogen) atoms. The number of ether oxygens (including phenoxy) is 2. The molecule has 2 aromatic heterocycles. The summed E-state index contributed by atoms with van der Waals surface area (Å²) < 4.78 is 67.2. The van der Waals surface area contributed by atoms with Gasteiger partial charge in [0.15, 0.2) is 23.8 Å². The van der Waals surface area contributed by atoms with E-state index in [0.717, 1.165) is 17.2 Å². The minimum absolute atomic E-state index is 0.000888. The third-order valence-corrected chi connectivity index (χ3v) is 10.3. The van der Waals surface area contributed by atoms with Crippen LogP contribution in [0, 0.1) is 0 Å². The molecule has 2 aromatic rings. The number of nitrogens with one attached hydrogen (secondary N) is 1. The maximum Gasteiger partial charge on any atom is 0.481 e. The number of fused-ring (bicyclic) bond motifs is 1. The van der Waals surface area contributed by atoms with Crippen LogP contribution in [-0.4, -0.2) is 128 Å². The molecule has 0 radical (unpaired) electrons. The van der Waals surface area contributed by atoms with E-state index in [1.165, 1.54) is 18.4 Å². The van der Waals surface area contributed by atoms with Crippen LogP contribution in [0.15, 0.2) is 36.6 Å². The van der Waals surface area contributed by atoms with E-state index in [-0.39, 0.29) is 34.0 Å². The highest BCUT2D eigenvalue weighted by atomic mass is 31.3. The van der Waals surface area contributed by atoms with E-state index in [0.29, 0.717) is 0 Å². The van der Waals surface area contributed by atoms with Gasteiger partial charge in [0, 0.05) is 0 Å². The van der Waals surface area contributed by atoms with Gasteiger partial charge < -0.3 is 55.2 Å². The first-order valence-electron chi connectivity index (χ1n) is 13.5. The minimum Gasteiger partial charge on any atom is -0.477 e. The van der Waals surface area contributed by atoms with Gasteiger partial charge in [-0.3, -0.25) is 23.0 Å². The zero-order valence-electron chi connectivity index (χ0n) is 24.0. The molecule has 0 aliphatic carbocycles. The van der Waals surface area contributed by atoms with Crippen LogP contribution in [0.5, 0.6) is 0 Å². The Morgan fingerprint density at radius 3 is 2.25 bits per heavy atom. The van der Waals surface area contributed by atoms with Crippen LogP contribution >= 0.6 is 23.5 Å². The monoisotopic (exact) mass is 747 g/mol. The number of nitrogen functional groups attached to an aromatic ring is 1. The van der Waals surface area contributed by atoms with Crippen LogP contribution in [0.1, 0.15) is 6.23 Å². The fourth-order valence-electron chi connectivity index (χ4n) is 5.07. The van der Waals surface area contributed by atoms with Gasteiger partial charge in [0.2, 0.25) is 6.23 Å². The number of phosphoric ester groups is 3. The number of carboxylic acids is 1. The van der Waals surface area contributed by atoms with Gasteiger partial charge in [-0.2, -0.15) is 4.31 Å². The van der Waals surface area contributed by atoms with E-state index in [1.807, 2.05) is 0 Å². The molecule has 24 nitrogen and oxygen atoms in total. The highest BCUT2D eigenvalue weighted by Crippen LogP contribution is 2.61. The molecule has 11 N–H and O–H groups in total. The summed E-state index contributed by atoms with van der Waals surface area (Å²) in [5.41, 5.74) is 5.70. The van der Waals surface area contributed by atoms with Crippen molar-refractivity contribution in [1.82, 2.24) is 19.5 Å². The molecule has 5 heterocycles. The highest BCUT2D eigenvalue weighted by molar-refractivity contribution is 7.61. The topological polar surface area (TPSA) is 360 Å². The van der Waals surface area contributed by atoms with Crippen molar-refractivity contribution in [2.45, 2.75) is 49.1 Å². The Morgan fingerprint density at radius 2 is 1.62 bits per heavy atom. The molecule has 0 saturated carbocycles. The molecule has 2 fully saturated rings. The number of aliphatic hydroxyl groups excluding tert-OH is 3. The summed E-state index contributed by atoms with van der Waals surface area (Å²) >= 11 is 0. The molecule has 2 saturated heterocycles. The van der Waals surface area contributed by atoms with Crippen LogP contribution < -0.4 is 10.6 Å². The third-order valence-electron chi connectivity index (χ3n) is 7.21. The lowest BCUT2D eigenvalue weighted by Crippen LogP contribution is -3.13. The first kappa shape index (κ1) is 36.7. The number of hydrogen-bond donors (Lipinski definition) is 10. The number of quaternary nitrogens is 1. The maximum absolute atomic E-state index is 12.6. The van der Waals surface area contributed by atoms with Crippen LogP contribution in [0.4, 0.5) is 5.82 Å². The second-order valence-electron chi connectivity index (χ2n) is 10.5. The van der Waals surface area contributed by atoms with Crippen molar-refractivity contribution in [2.75, 3.05) is 25.5 Å². The van der Waals surface area contributed by atoms with Crippen molar-refractivity contribution >= 4 is 46.4 Å². The molecule has 0 bridgehead atoms. The van der Waals surface area contributed by atoms with Gasteiger partial charge in [-0.05, 0) is 12.2 Å². The zero-order valence-corrected chi connectivity index (χ0v) is 26.7. The van der Waals surface area contributed by atoms with Crippen LogP contribution in [-0.2, 0) is 45.8 Å². The standard InChI is InChI=1S/C21H29N6O18P3/c22-17-12-18(24-7-23-17)27(8-25-12)20-16(44-46(33,34)35)14(29)11(43-20)6-41-48(38,39)45-47(36,37)40-5-10-13(28)15(30)19(42-10)26-3-1-2-9(4-26)21(31)32/h1-2,4,7-8,10-11,13-16,19-20,28-30H,3,5-6H2,(H,31,32)(H,36,37)(H,38,39)(H2,22,23,24)(H2,33,34,35)/p+1. The fraction of sp³-hybridized carbons (Fsp3) is 0.524. The summed E-state index contributed by atoms with van der Waals surface area (Å²) in [5.74, 6) is -1.31. The Hall–Kier alpha value is -2.57. The lowest BCUT2D eigenvalue weighted by Gasteiger charge is -2.24. The van der Waals surface area contributed by atoms with Gasteiger partial charge in [-0.25, -0.2) is 33.4 Å². The maximum atomic E-state index is 12.6. The average Bonchev–Trinajstić information content (AvgIpc) is 3.64. The Kier molecular flexibility index (Phi) is 10.7. The summed E-state index contributed by atoms with van der Waals surface area (Å²) in [6, 6.07) is 0. The molecule has 0 spiro atoms. The number of carboxylic acid groups (broad SMARTS) is 1. The Labute approximate surface area is 268 Å². The largest absolute Gasteiger partial charge is 0.481 e. The fourth-order valence-corrected chi connectivity index (χ4v) is 7.71. The number of nitrogens with two attached hydrogens (primary N) is 1.